The molecule has 0 unspecified atom stereocenters. The highest BCUT2D eigenvalue weighted by atomic mass is 35.5. The quantitative estimate of drug-likeness (QED) is 0.477. The molecule has 9 nitrogen and oxygen atoms in total. The smallest absolute Gasteiger partial charge is 0.272 e. The lowest BCUT2D eigenvalue weighted by Gasteiger charge is -2.11. The number of benzene rings is 1. The van der Waals surface area contributed by atoms with Crippen molar-refractivity contribution in [2.24, 2.45) is 5.10 Å². The first-order valence-electron chi connectivity index (χ1n) is 5.32. The maximum absolute atomic E-state index is 11.7. The first-order valence-corrected chi connectivity index (χ1v) is 5.85. The zero-order valence-electron chi connectivity index (χ0n) is 9.85. The van der Waals surface area contributed by atoms with Crippen molar-refractivity contribution in [3.63, 3.8) is 0 Å². The normalized spacial score (nSPS) is 14.3. The summed E-state index contributed by atoms with van der Waals surface area (Å²) in [4.78, 5) is 31.8. The molecule has 0 saturated heterocycles. The van der Waals surface area contributed by atoms with Crippen LogP contribution in [0, 0.1) is 20.2 Å². The largest absolute Gasteiger partial charge is 0.301 e. The van der Waals surface area contributed by atoms with Crippen LogP contribution >= 0.6 is 11.6 Å². The van der Waals surface area contributed by atoms with Crippen LogP contribution in [0.15, 0.2) is 23.3 Å². The Bertz CT molecular complexity index is 645. The molecule has 1 aliphatic heterocycles. The monoisotopic (exact) mass is 298 g/mol. The number of carbonyl (C=O) groups is 1. The minimum atomic E-state index is -0.802. The predicted molar refractivity (Wildman–Crippen MR) is 70.0 cm³/mol. The lowest BCUT2D eigenvalue weighted by atomic mass is 10.2. The Hall–Kier alpha value is -2.55. The summed E-state index contributed by atoms with van der Waals surface area (Å²) in [5, 5.41) is 26.3. The van der Waals surface area contributed by atoms with E-state index in [2.05, 4.69) is 5.10 Å². The van der Waals surface area contributed by atoms with Gasteiger partial charge in [0, 0.05) is 6.07 Å². The summed E-state index contributed by atoms with van der Waals surface area (Å²) in [6.45, 7) is 0. The van der Waals surface area contributed by atoms with Gasteiger partial charge >= 0.3 is 5.69 Å². The lowest BCUT2D eigenvalue weighted by Crippen LogP contribution is -2.20. The lowest BCUT2D eigenvalue weighted by molar-refractivity contribution is -0.393. The minimum Gasteiger partial charge on any atom is -0.272 e. The summed E-state index contributed by atoms with van der Waals surface area (Å²) in [6.07, 6.45) is -0.0301. The van der Waals surface area contributed by atoms with Gasteiger partial charge in [-0.15, -0.1) is 11.6 Å². The van der Waals surface area contributed by atoms with Gasteiger partial charge in [-0.3, -0.25) is 25.0 Å². The molecule has 1 aromatic carbocycles. The van der Waals surface area contributed by atoms with Crippen LogP contribution in [-0.2, 0) is 4.79 Å². The summed E-state index contributed by atoms with van der Waals surface area (Å²) >= 11 is 5.56. The molecule has 0 spiro atoms. The Balaban J connectivity index is 2.52. The third-order valence-corrected chi connectivity index (χ3v) is 2.89. The number of non-ortho nitro benzene ring substituents is 1. The number of anilines is 1. The van der Waals surface area contributed by atoms with Crippen molar-refractivity contribution < 1.29 is 14.6 Å². The van der Waals surface area contributed by atoms with Gasteiger partial charge in [0.1, 0.15) is 5.69 Å². The third-order valence-electron chi connectivity index (χ3n) is 2.58. The molecule has 10 heteroatoms. The topological polar surface area (TPSA) is 119 Å². The van der Waals surface area contributed by atoms with E-state index in [1.54, 1.807) is 0 Å². The summed E-state index contributed by atoms with van der Waals surface area (Å²) < 4.78 is 0. The molecule has 0 atom stereocenters. The molecule has 0 aliphatic carbocycles. The molecule has 0 bridgehead atoms. The first-order chi connectivity index (χ1) is 9.43. The van der Waals surface area contributed by atoms with Gasteiger partial charge in [-0.2, -0.15) is 10.1 Å². The second kappa shape index (κ2) is 5.21. The number of nitro benzene ring substituents is 2. The van der Waals surface area contributed by atoms with E-state index >= 15 is 0 Å². The zero-order chi connectivity index (χ0) is 14.9. The Labute approximate surface area is 116 Å². The number of halogens is 1. The second-order valence-corrected chi connectivity index (χ2v) is 4.14. The third kappa shape index (κ3) is 2.43. The molecule has 2 rings (SSSR count). The van der Waals surface area contributed by atoms with E-state index in [-0.39, 0.29) is 18.0 Å². The van der Waals surface area contributed by atoms with Crippen LogP contribution in [0.5, 0.6) is 0 Å². The highest BCUT2D eigenvalue weighted by Gasteiger charge is 2.31. The van der Waals surface area contributed by atoms with Crippen molar-refractivity contribution in [1.29, 1.82) is 0 Å². The van der Waals surface area contributed by atoms with E-state index in [4.69, 9.17) is 11.6 Å². The molecule has 1 aliphatic rings. The fourth-order valence-corrected chi connectivity index (χ4v) is 1.84. The molecule has 1 heterocycles. The standard InChI is InChI=1S/C10H7ClN4O5/c11-5-6-3-10(16)13(12-6)8-2-1-7(14(17)18)4-9(8)15(19)20/h1-2,4H,3,5H2. The molecule has 0 saturated carbocycles. The molecule has 0 N–H and O–H groups in total. The molecular weight excluding hydrogens is 292 g/mol. The molecule has 0 fully saturated rings. The Kier molecular flexibility index (Phi) is 3.61. The fraction of sp³-hybridized carbons (Fsp3) is 0.200. The van der Waals surface area contributed by atoms with Gasteiger partial charge in [-0.25, -0.2) is 0 Å². The van der Waals surface area contributed by atoms with E-state index in [1.165, 1.54) is 0 Å². The van der Waals surface area contributed by atoms with E-state index in [9.17, 15) is 25.0 Å². The van der Waals surface area contributed by atoms with Crippen LogP contribution in [0.2, 0.25) is 0 Å². The maximum atomic E-state index is 11.7. The predicted octanol–water partition coefficient (Wildman–Crippen LogP) is 1.83. The number of alkyl halides is 1. The van der Waals surface area contributed by atoms with Crippen LogP contribution in [0.4, 0.5) is 17.1 Å². The van der Waals surface area contributed by atoms with Gasteiger partial charge in [-0.05, 0) is 6.07 Å². The van der Waals surface area contributed by atoms with Gasteiger partial charge in [0.05, 0.1) is 33.9 Å². The molecule has 20 heavy (non-hydrogen) atoms. The Morgan fingerprint density at radius 1 is 1.30 bits per heavy atom. The molecule has 0 aromatic heterocycles. The van der Waals surface area contributed by atoms with Crippen LogP contribution in [0.3, 0.4) is 0 Å². The van der Waals surface area contributed by atoms with E-state index in [0.717, 1.165) is 23.2 Å². The summed E-state index contributed by atoms with van der Waals surface area (Å²) in [7, 11) is 0. The summed E-state index contributed by atoms with van der Waals surface area (Å²) in [5.41, 5.74) is -0.740. The van der Waals surface area contributed by atoms with Crippen LogP contribution < -0.4 is 5.01 Å². The Morgan fingerprint density at radius 3 is 2.50 bits per heavy atom. The first kappa shape index (κ1) is 13.9. The van der Waals surface area contributed by atoms with Gasteiger partial charge < -0.3 is 0 Å². The molecule has 104 valence electrons. The summed E-state index contributed by atoms with van der Waals surface area (Å²) in [6, 6.07) is 2.98. The van der Waals surface area contributed by atoms with Crippen molar-refractivity contribution >= 4 is 40.3 Å². The van der Waals surface area contributed by atoms with Crippen molar-refractivity contribution in [2.75, 3.05) is 10.9 Å². The van der Waals surface area contributed by atoms with Gasteiger partial charge in [0.25, 0.3) is 11.6 Å². The summed E-state index contributed by atoms with van der Waals surface area (Å²) in [5.74, 6) is -0.444. The van der Waals surface area contributed by atoms with Crippen LogP contribution in [0.1, 0.15) is 6.42 Å². The number of hydrogen-bond donors (Lipinski definition) is 0. The average Bonchev–Trinajstić information content (AvgIpc) is 2.79. The zero-order valence-corrected chi connectivity index (χ0v) is 10.6. The number of hydrazone groups is 1. The molecular formula is C10H7ClN4O5. The average molecular weight is 299 g/mol. The van der Waals surface area contributed by atoms with Crippen molar-refractivity contribution in [3.8, 4) is 0 Å². The van der Waals surface area contributed by atoms with Gasteiger partial charge in [0.2, 0.25) is 0 Å². The number of hydrogen-bond acceptors (Lipinski definition) is 6. The van der Waals surface area contributed by atoms with Crippen molar-refractivity contribution in [3.05, 3.63) is 38.4 Å². The Morgan fingerprint density at radius 2 is 2.00 bits per heavy atom. The highest BCUT2D eigenvalue weighted by Crippen LogP contribution is 2.34. The fourth-order valence-electron chi connectivity index (χ4n) is 1.69. The molecule has 1 aromatic rings. The molecule has 0 radical (unpaired) electrons. The van der Waals surface area contributed by atoms with E-state index < -0.39 is 27.1 Å². The van der Waals surface area contributed by atoms with Gasteiger partial charge in [0.15, 0.2) is 0 Å². The number of nitro groups is 2. The SMILES string of the molecule is O=C1CC(CCl)=NN1c1ccc([N+](=O)[O-])cc1[N+](=O)[O-]. The van der Waals surface area contributed by atoms with Crippen LogP contribution in [-0.4, -0.2) is 27.3 Å². The van der Waals surface area contributed by atoms with E-state index in [1.807, 2.05) is 0 Å². The number of amides is 1. The maximum Gasteiger partial charge on any atom is 0.301 e. The highest BCUT2D eigenvalue weighted by molar-refractivity contribution is 6.32. The second-order valence-electron chi connectivity index (χ2n) is 3.87. The van der Waals surface area contributed by atoms with Crippen molar-refractivity contribution in [1.82, 2.24) is 0 Å². The van der Waals surface area contributed by atoms with Gasteiger partial charge in [-0.1, -0.05) is 0 Å². The minimum absolute atomic E-state index is 0.0301. The number of carbonyl (C=O) groups excluding carboxylic acids is 1. The number of nitrogens with zero attached hydrogens (tertiary/aromatic N) is 4. The number of rotatable bonds is 4. The van der Waals surface area contributed by atoms with Crippen molar-refractivity contribution in [2.45, 2.75) is 6.42 Å². The van der Waals surface area contributed by atoms with E-state index in [0.29, 0.717) is 5.71 Å². The van der Waals surface area contributed by atoms with Crippen LogP contribution in [0.25, 0.3) is 0 Å². The molecule has 1 amide bonds.